The standard InChI is InChI=1S/C17H18BrClIN/c1-3-21-17(14-10-13(18)6-7-16(14)20)9-12-5-4-11(2)8-15(12)19/h4-8,10,17,21H,3,9H2,1-2H3. The molecule has 1 unspecified atom stereocenters. The highest BCUT2D eigenvalue weighted by Gasteiger charge is 2.16. The summed E-state index contributed by atoms with van der Waals surface area (Å²) < 4.78 is 2.38. The Morgan fingerprint density at radius 2 is 2.00 bits per heavy atom. The summed E-state index contributed by atoms with van der Waals surface area (Å²) in [5.74, 6) is 0. The van der Waals surface area contributed by atoms with E-state index in [1.165, 1.54) is 20.3 Å². The fraction of sp³-hybridized carbons (Fsp3) is 0.294. The van der Waals surface area contributed by atoms with Gasteiger partial charge in [0.25, 0.3) is 0 Å². The molecule has 0 saturated carbocycles. The molecule has 0 fully saturated rings. The molecule has 2 rings (SSSR count). The van der Waals surface area contributed by atoms with Gasteiger partial charge >= 0.3 is 0 Å². The summed E-state index contributed by atoms with van der Waals surface area (Å²) in [7, 11) is 0. The van der Waals surface area contributed by atoms with Crippen molar-refractivity contribution >= 4 is 50.1 Å². The van der Waals surface area contributed by atoms with Gasteiger partial charge in [-0.25, -0.2) is 0 Å². The van der Waals surface area contributed by atoms with E-state index in [9.17, 15) is 0 Å². The number of benzene rings is 2. The minimum atomic E-state index is 0.264. The van der Waals surface area contributed by atoms with Gasteiger partial charge in [0.1, 0.15) is 0 Å². The molecule has 4 heteroatoms. The summed E-state index contributed by atoms with van der Waals surface area (Å²) in [5, 5.41) is 4.42. The van der Waals surface area contributed by atoms with Crippen LogP contribution in [0.3, 0.4) is 0 Å². The van der Waals surface area contributed by atoms with Crippen LogP contribution in [0.5, 0.6) is 0 Å². The van der Waals surface area contributed by atoms with Gasteiger partial charge in [-0.15, -0.1) is 0 Å². The van der Waals surface area contributed by atoms with Gasteiger partial charge in [0.05, 0.1) is 0 Å². The van der Waals surface area contributed by atoms with E-state index in [2.05, 4.69) is 88.0 Å². The van der Waals surface area contributed by atoms with Crippen LogP contribution in [0.1, 0.15) is 29.7 Å². The predicted octanol–water partition coefficient (Wildman–Crippen LogP) is 5.91. The van der Waals surface area contributed by atoms with Crippen LogP contribution in [0.15, 0.2) is 40.9 Å². The largest absolute Gasteiger partial charge is 0.310 e. The van der Waals surface area contributed by atoms with Crippen LogP contribution in [0.2, 0.25) is 5.02 Å². The predicted molar refractivity (Wildman–Crippen MR) is 103 cm³/mol. The zero-order valence-corrected chi connectivity index (χ0v) is 16.6. The van der Waals surface area contributed by atoms with Crippen LogP contribution in [-0.2, 0) is 6.42 Å². The lowest BCUT2D eigenvalue weighted by Gasteiger charge is -2.21. The van der Waals surface area contributed by atoms with Crippen molar-refractivity contribution in [3.8, 4) is 0 Å². The highest BCUT2D eigenvalue weighted by molar-refractivity contribution is 14.1. The molecule has 0 aromatic heterocycles. The van der Waals surface area contributed by atoms with Crippen LogP contribution in [0.4, 0.5) is 0 Å². The lowest BCUT2D eigenvalue weighted by Crippen LogP contribution is -2.24. The number of nitrogens with one attached hydrogen (secondary N) is 1. The summed E-state index contributed by atoms with van der Waals surface area (Å²) in [6, 6.07) is 13.0. The maximum atomic E-state index is 6.39. The van der Waals surface area contributed by atoms with Crippen molar-refractivity contribution in [3.05, 3.63) is 66.2 Å². The first kappa shape index (κ1) is 17.3. The van der Waals surface area contributed by atoms with Gasteiger partial charge in [-0.1, -0.05) is 46.6 Å². The third-order valence-electron chi connectivity index (χ3n) is 3.42. The van der Waals surface area contributed by atoms with Gasteiger partial charge < -0.3 is 5.32 Å². The van der Waals surface area contributed by atoms with E-state index >= 15 is 0 Å². The van der Waals surface area contributed by atoms with Gasteiger partial charge in [0, 0.05) is 19.1 Å². The highest BCUT2D eigenvalue weighted by Crippen LogP contribution is 2.29. The number of hydrogen-bond acceptors (Lipinski definition) is 1. The molecule has 0 bridgehead atoms. The van der Waals surface area contributed by atoms with Crippen molar-refractivity contribution in [2.75, 3.05) is 6.54 Å². The molecule has 0 aliphatic rings. The first-order valence-electron chi connectivity index (χ1n) is 6.94. The molecule has 0 heterocycles. The van der Waals surface area contributed by atoms with Gasteiger partial charge in [-0.05, 0) is 83.4 Å². The van der Waals surface area contributed by atoms with Crippen LogP contribution >= 0.6 is 50.1 Å². The van der Waals surface area contributed by atoms with E-state index in [0.717, 1.165) is 22.5 Å². The van der Waals surface area contributed by atoms with E-state index in [0.29, 0.717) is 0 Å². The van der Waals surface area contributed by atoms with Crippen LogP contribution in [0.25, 0.3) is 0 Å². The maximum Gasteiger partial charge on any atom is 0.0441 e. The third-order valence-corrected chi connectivity index (χ3v) is 5.24. The Morgan fingerprint density at radius 1 is 1.24 bits per heavy atom. The molecule has 21 heavy (non-hydrogen) atoms. The zero-order valence-electron chi connectivity index (χ0n) is 12.1. The minimum absolute atomic E-state index is 0.264. The molecule has 112 valence electrons. The van der Waals surface area contributed by atoms with E-state index in [4.69, 9.17) is 11.6 Å². The van der Waals surface area contributed by atoms with Crippen molar-refractivity contribution in [2.45, 2.75) is 26.3 Å². The summed E-state index contributed by atoms with van der Waals surface area (Å²) >= 11 is 12.4. The Hall–Kier alpha value is -0.100. The van der Waals surface area contributed by atoms with E-state index in [1.807, 2.05) is 6.07 Å². The van der Waals surface area contributed by atoms with E-state index in [1.54, 1.807) is 0 Å². The molecule has 1 atom stereocenters. The molecule has 0 aliphatic heterocycles. The van der Waals surface area contributed by atoms with Crippen molar-refractivity contribution < 1.29 is 0 Å². The van der Waals surface area contributed by atoms with Crippen LogP contribution in [-0.4, -0.2) is 6.54 Å². The average molecular weight is 479 g/mol. The maximum absolute atomic E-state index is 6.39. The molecule has 2 aromatic rings. The topological polar surface area (TPSA) is 12.0 Å². The normalized spacial score (nSPS) is 12.4. The molecular weight excluding hydrogens is 460 g/mol. The number of hydrogen-bond donors (Lipinski definition) is 1. The molecule has 1 nitrogen and oxygen atoms in total. The second kappa shape index (κ2) is 7.95. The number of aryl methyl sites for hydroxylation is 1. The summed E-state index contributed by atoms with van der Waals surface area (Å²) in [5.41, 5.74) is 3.69. The fourth-order valence-corrected chi connectivity index (χ4v) is 3.76. The SMILES string of the molecule is CCNC(Cc1ccc(C)cc1Cl)c1cc(Br)ccc1I. The van der Waals surface area contributed by atoms with Gasteiger partial charge in [-0.2, -0.15) is 0 Å². The minimum Gasteiger partial charge on any atom is -0.310 e. The van der Waals surface area contributed by atoms with Crippen molar-refractivity contribution in [1.82, 2.24) is 5.32 Å². The van der Waals surface area contributed by atoms with Crippen molar-refractivity contribution in [3.63, 3.8) is 0 Å². The first-order valence-corrected chi connectivity index (χ1v) is 9.19. The van der Waals surface area contributed by atoms with Crippen molar-refractivity contribution in [1.29, 1.82) is 0 Å². The summed E-state index contributed by atoms with van der Waals surface area (Å²) in [6.45, 7) is 5.13. The second-order valence-electron chi connectivity index (χ2n) is 5.08. The summed E-state index contributed by atoms with van der Waals surface area (Å²) in [6.07, 6.45) is 0.888. The number of likely N-dealkylation sites (N-methyl/N-ethyl adjacent to an activating group) is 1. The second-order valence-corrected chi connectivity index (χ2v) is 7.56. The first-order chi connectivity index (χ1) is 10.0. The zero-order chi connectivity index (χ0) is 15.4. The Labute approximate surface area is 153 Å². The monoisotopic (exact) mass is 477 g/mol. The van der Waals surface area contributed by atoms with Crippen LogP contribution in [0, 0.1) is 10.5 Å². The van der Waals surface area contributed by atoms with Crippen LogP contribution < -0.4 is 5.32 Å². The molecule has 0 radical (unpaired) electrons. The summed E-state index contributed by atoms with van der Waals surface area (Å²) in [4.78, 5) is 0. The van der Waals surface area contributed by atoms with E-state index < -0.39 is 0 Å². The highest BCUT2D eigenvalue weighted by atomic mass is 127. The lowest BCUT2D eigenvalue weighted by molar-refractivity contribution is 0.547. The fourth-order valence-electron chi connectivity index (χ4n) is 2.36. The smallest absolute Gasteiger partial charge is 0.0441 e. The Bertz CT molecular complexity index is 630. The molecule has 1 N–H and O–H groups in total. The van der Waals surface area contributed by atoms with Gasteiger partial charge in [0.2, 0.25) is 0 Å². The molecule has 0 saturated heterocycles. The molecule has 2 aromatic carbocycles. The average Bonchev–Trinajstić information content (AvgIpc) is 2.44. The molecule has 0 aliphatic carbocycles. The third kappa shape index (κ3) is 4.68. The molecule has 0 spiro atoms. The lowest BCUT2D eigenvalue weighted by atomic mass is 9.98. The molecule has 0 amide bonds. The number of halogens is 3. The Morgan fingerprint density at radius 3 is 2.67 bits per heavy atom. The van der Waals surface area contributed by atoms with Crippen molar-refractivity contribution in [2.24, 2.45) is 0 Å². The van der Waals surface area contributed by atoms with E-state index in [-0.39, 0.29) is 6.04 Å². The quantitative estimate of drug-likeness (QED) is 0.527. The Kier molecular flexibility index (Phi) is 6.53. The number of rotatable bonds is 5. The van der Waals surface area contributed by atoms with Gasteiger partial charge in [0.15, 0.2) is 0 Å². The molecular formula is C17H18BrClIN. The Balaban J connectivity index is 2.32. The van der Waals surface area contributed by atoms with Gasteiger partial charge in [-0.3, -0.25) is 0 Å².